The predicted molar refractivity (Wildman–Crippen MR) is 79.2 cm³/mol. The highest BCUT2D eigenvalue weighted by Crippen LogP contribution is 2.18. The molecule has 0 atom stereocenters. The molecule has 0 bridgehead atoms. The van der Waals surface area contributed by atoms with E-state index in [0.717, 1.165) is 0 Å². The van der Waals surface area contributed by atoms with Gasteiger partial charge in [0, 0.05) is 23.9 Å². The normalized spacial score (nSPS) is 10.7. The number of carbonyl (C=O) groups excluding carboxylic acids is 1. The fourth-order valence-corrected chi connectivity index (χ4v) is 2.11. The number of hydrogen-bond donors (Lipinski definition) is 1. The van der Waals surface area contributed by atoms with Gasteiger partial charge in [-0.3, -0.25) is 14.9 Å². The van der Waals surface area contributed by atoms with Crippen molar-refractivity contribution in [2.75, 3.05) is 7.11 Å². The molecular formula is C14H10N4O5. The van der Waals surface area contributed by atoms with Crippen LogP contribution in [0.4, 0.5) is 5.69 Å². The molecular weight excluding hydrogens is 304 g/mol. The van der Waals surface area contributed by atoms with E-state index in [-0.39, 0.29) is 22.6 Å². The number of hydrogen-bond acceptors (Lipinski definition) is 6. The zero-order valence-corrected chi connectivity index (χ0v) is 11.8. The van der Waals surface area contributed by atoms with Crippen LogP contribution in [0.5, 0.6) is 0 Å². The average molecular weight is 314 g/mol. The zero-order chi connectivity index (χ0) is 16.6. The summed E-state index contributed by atoms with van der Waals surface area (Å²) in [5, 5.41) is 14.9. The number of H-pyrrole nitrogens is 1. The summed E-state index contributed by atoms with van der Waals surface area (Å²) in [4.78, 5) is 36.3. The van der Waals surface area contributed by atoms with Gasteiger partial charge in [0.1, 0.15) is 5.52 Å². The molecule has 0 fully saturated rings. The maximum atomic E-state index is 12.1. The topological polar surface area (TPSA) is 120 Å². The Kier molecular flexibility index (Phi) is 3.37. The zero-order valence-electron chi connectivity index (χ0n) is 11.8. The summed E-state index contributed by atoms with van der Waals surface area (Å²) >= 11 is 0. The highest BCUT2D eigenvalue weighted by atomic mass is 16.6. The lowest BCUT2D eigenvalue weighted by atomic mass is 10.2. The summed E-state index contributed by atoms with van der Waals surface area (Å²) in [6.45, 7) is 0. The minimum atomic E-state index is -0.577. The van der Waals surface area contributed by atoms with Gasteiger partial charge in [-0.05, 0) is 18.2 Å². The molecule has 0 aliphatic heterocycles. The van der Waals surface area contributed by atoms with Crippen LogP contribution in [0.25, 0.3) is 16.9 Å². The molecule has 1 N–H and O–H groups in total. The van der Waals surface area contributed by atoms with Gasteiger partial charge in [0.05, 0.1) is 17.6 Å². The SMILES string of the molecule is COC(=O)c1cc2c(=O)[nH]c(-c3ccc([N+](=O)[O-])cc3)nn2c1. The van der Waals surface area contributed by atoms with E-state index in [0.29, 0.717) is 5.56 Å². The maximum Gasteiger partial charge on any atom is 0.339 e. The summed E-state index contributed by atoms with van der Waals surface area (Å²) in [7, 11) is 1.24. The highest BCUT2D eigenvalue weighted by molar-refractivity contribution is 5.90. The molecule has 0 aliphatic rings. The van der Waals surface area contributed by atoms with Crippen LogP contribution in [0.3, 0.4) is 0 Å². The predicted octanol–water partition coefficient (Wildman–Crippen LogP) is 1.38. The first-order chi connectivity index (χ1) is 11.0. The number of carbonyl (C=O) groups is 1. The van der Waals surface area contributed by atoms with Crippen molar-refractivity contribution >= 4 is 17.2 Å². The largest absolute Gasteiger partial charge is 0.465 e. The number of nitrogens with zero attached hydrogens (tertiary/aromatic N) is 3. The number of ether oxygens (including phenoxy) is 1. The summed E-state index contributed by atoms with van der Waals surface area (Å²) < 4.78 is 5.87. The van der Waals surface area contributed by atoms with Gasteiger partial charge < -0.3 is 9.72 Å². The molecule has 23 heavy (non-hydrogen) atoms. The number of nitrogens with one attached hydrogen (secondary N) is 1. The standard InChI is InChI=1S/C14H10N4O5/c1-23-14(20)9-6-11-13(19)15-12(16-17(11)7-9)8-2-4-10(5-3-8)18(21)22/h2-7H,1H3,(H,15,16,19). The number of aromatic nitrogens is 3. The van der Waals surface area contributed by atoms with Crippen LogP contribution in [0, 0.1) is 10.1 Å². The number of fused-ring (bicyclic) bond motifs is 1. The van der Waals surface area contributed by atoms with Gasteiger partial charge in [-0.1, -0.05) is 0 Å². The van der Waals surface area contributed by atoms with E-state index in [1.54, 1.807) is 0 Å². The summed E-state index contributed by atoms with van der Waals surface area (Å²) in [6.07, 6.45) is 1.38. The van der Waals surface area contributed by atoms with Gasteiger partial charge >= 0.3 is 5.97 Å². The Morgan fingerprint density at radius 1 is 1.35 bits per heavy atom. The minimum Gasteiger partial charge on any atom is -0.465 e. The first-order valence-electron chi connectivity index (χ1n) is 6.45. The fourth-order valence-electron chi connectivity index (χ4n) is 2.11. The molecule has 0 saturated carbocycles. The Bertz CT molecular complexity index is 971. The van der Waals surface area contributed by atoms with Crippen molar-refractivity contribution in [3.63, 3.8) is 0 Å². The van der Waals surface area contributed by atoms with E-state index in [1.165, 1.54) is 48.2 Å². The second kappa shape index (κ2) is 5.37. The Labute approximate surface area is 128 Å². The van der Waals surface area contributed by atoms with Gasteiger partial charge in [0.2, 0.25) is 0 Å². The first kappa shape index (κ1) is 14.4. The van der Waals surface area contributed by atoms with Gasteiger partial charge in [-0.15, -0.1) is 5.10 Å². The van der Waals surface area contributed by atoms with E-state index in [2.05, 4.69) is 14.8 Å². The van der Waals surface area contributed by atoms with Crippen LogP contribution in [0.1, 0.15) is 10.4 Å². The molecule has 2 aromatic heterocycles. The third kappa shape index (κ3) is 2.55. The molecule has 9 nitrogen and oxygen atoms in total. The van der Waals surface area contributed by atoms with Crippen LogP contribution in [0.2, 0.25) is 0 Å². The highest BCUT2D eigenvalue weighted by Gasteiger charge is 2.13. The summed E-state index contributed by atoms with van der Waals surface area (Å²) in [5.41, 5.74) is 0.389. The number of methoxy groups -OCH3 is 1. The molecule has 1 aromatic carbocycles. The Morgan fingerprint density at radius 2 is 2.04 bits per heavy atom. The van der Waals surface area contributed by atoms with E-state index < -0.39 is 16.5 Å². The molecule has 0 radical (unpaired) electrons. The molecule has 0 spiro atoms. The van der Waals surface area contributed by atoms with Crippen molar-refractivity contribution in [1.82, 2.24) is 14.6 Å². The van der Waals surface area contributed by atoms with Crippen LogP contribution in [-0.4, -0.2) is 32.6 Å². The van der Waals surface area contributed by atoms with Crippen LogP contribution >= 0.6 is 0 Å². The van der Waals surface area contributed by atoms with E-state index in [4.69, 9.17) is 0 Å². The Balaban J connectivity index is 2.10. The summed E-state index contributed by atoms with van der Waals surface area (Å²) in [6, 6.07) is 6.96. The first-order valence-corrected chi connectivity index (χ1v) is 6.45. The monoisotopic (exact) mass is 314 g/mol. The molecule has 2 heterocycles. The molecule has 0 unspecified atom stereocenters. The fraction of sp³-hybridized carbons (Fsp3) is 0.0714. The molecule has 9 heteroatoms. The number of nitro groups is 1. The number of esters is 1. The Morgan fingerprint density at radius 3 is 2.65 bits per heavy atom. The Hall–Kier alpha value is -3.49. The van der Waals surface area contributed by atoms with Crippen molar-refractivity contribution in [2.24, 2.45) is 0 Å². The second-order valence-corrected chi connectivity index (χ2v) is 4.66. The number of benzene rings is 1. The molecule has 0 saturated heterocycles. The van der Waals surface area contributed by atoms with Crippen LogP contribution in [0.15, 0.2) is 41.3 Å². The van der Waals surface area contributed by atoms with Gasteiger partial charge in [-0.2, -0.15) is 0 Å². The van der Waals surface area contributed by atoms with Gasteiger partial charge in [-0.25, -0.2) is 9.31 Å². The van der Waals surface area contributed by atoms with Crippen molar-refractivity contribution in [3.8, 4) is 11.4 Å². The lowest BCUT2D eigenvalue weighted by molar-refractivity contribution is -0.384. The van der Waals surface area contributed by atoms with Crippen molar-refractivity contribution in [1.29, 1.82) is 0 Å². The van der Waals surface area contributed by atoms with Crippen molar-refractivity contribution in [2.45, 2.75) is 0 Å². The van der Waals surface area contributed by atoms with E-state index in [9.17, 15) is 19.7 Å². The second-order valence-electron chi connectivity index (χ2n) is 4.66. The average Bonchev–Trinajstić information content (AvgIpc) is 2.99. The smallest absolute Gasteiger partial charge is 0.339 e. The molecule has 0 aliphatic carbocycles. The van der Waals surface area contributed by atoms with E-state index in [1.807, 2.05) is 0 Å². The van der Waals surface area contributed by atoms with Crippen molar-refractivity contribution in [3.05, 3.63) is 62.6 Å². The lowest BCUT2D eigenvalue weighted by Crippen LogP contribution is -2.13. The quantitative estimate of drug-likeness (QED) is 0.443. The number of aromatic amines is 1. The van der Waals surface area contributed by atoms with Crippen LogP contribution < -0.4 is 5.56 Å². The summed E-state index contributed by atoms with van der Waals surface area (Å²) in [5.74, 6) is -0.351. The molecule has 0 amide bonds. The van der Waals surface area contributed by atoms with Crippen LogP contribution in [-0.2, 0) is 4.74 Å². The number of non-ortho nitro benzene ring substituents is 1. The van der Waals surface area contributed by atoms with Gasteiger partial charge in [0.25, 0.3) is 11.2 Å². The van der Waals surface area contributed by atoms with Crippen molar-refractivity contribution < 1.29 is 14.5 Å². The minimum absolute atomic E-state index is 0.0638. The molecule has 116 valence electrons. The molecule has 3 rings (SSSR count). The third-order valence-corrected chi connectivity index (χ3v) is 3.25. The lowest BCUT2D eigenvalue weighted by Gasteiger charge is -2.01. The number of rotatable bonds is 3. The molecule has 3 aromatic rings. The maximum absolute atomic E-state index is 12.1. The third-order valence-electron chi connectivity index (χ3n) is 3.25. The number of nitro benzene ring substituents is 1. The van der Waals surface area contributed by atoms with Gasteiger partial charge in [0.15, 0.2) is 5.82 Å². The van der Waals surface area contributed by atoms with E-state index >= 15 is 0 Å².